The molecule has 4 nitrogen and oxygen atoms in total. The van der Waals surface area contributed by atoms with Crippen LogP contribution in [-0.2, 0) is 21.9 Å². The molecule has 30 heavy (non-hydrogen) atoms. The molecule has 0 bridgehead atoms. The third-order valence-corrected chi connectivity index (χ3v) is 6.55. The molecule has 0 aliphatic heterocycles. The molecule has 0 saturated heterocycles. The first-order chi connectivity index (χ1) is 14.4. The van der Waals surface area contributed by atoms with Gasteiger partial charge in [-0.2, -0.15) is 0 Å². The number of benzene rings is 2. The molecule has 7 heteroatoms. The fourth-order valence-electron chi connectivity index (χ4n) is 3.17. The zero-order chi connectivity index (χ0) is 22.1. The second kappa shape index (κ2) is 12.2. The fraction of sp³-hybridized carbons (Fsp3) is 0.391. The first-order valence-electron chi connectivity index (χ1n) is 10.0. The number of likely N-dealkylation sites (N-methyl/N-ethyl adjacent to an activating group) is 1. The predicted molar refractivity (Wildman–Crippen MR) is 127 cm³/mol. The Bertz CT molecular complexity index is 856. The van der Waals surface area contributed by atoms with E-state index in [1.54, 1.807) is 23.1 Å². The molecular formula is C23H28Cl2N2O2S. The number of carbonyl (C=O) groups excluding carboxylic acids is 2. The van der Waals surface area contributed by atoms with Crippen molar-refractivity contribution in [2.75, 3.05) is 12.3 Å². The van der Waals surface area contributed by atoms with Gasteiger partial charge >= 0.3 is 0 Å². The molecule has 0 aliphatic rings. The summed E-state index contributed by atoms with van der Waals surface area (Å²) in [6, 6.07) is 12.8. The molecule has 2 aromatic rings. The second-order valence-electron chi connectivity index (χ2n) is 6.96. The van der Waals surface area contributed by atoms with Gasteiger partial charge in [0.25, 0.3) is 0 Å². The summed E-state index contributed by atoms with van der Waals surface area (Å²) in [5.74, 6) is 0.728. The van der Waals surface area contributed by atoms with Crippen molar-refractivity contribution in [1.82, 2.24) is 10.2 Å². The van der Waals surface area contributed by atoms with Gasteiger partial charge in [0.2, 0.25) is 11.8 Å². The Labute approximate surface area is 193 Å². The lowest BCUT2D eigenvalue weighted by molar-refractivity contribution is -0.139. The van der Waals surface area contributed by atoms with Gasteiger partial charge in [-0.25, -0.2) is 0 Å². The van der Waals surface area contributed by atoms with Crippen LogP contribution in [0.15, 0.2) is 42.5 Å². The normalized spacial score (nSPS) is 11.8. The Balaban J connectivity index is 2.19. The summed E-state index contributed by atoms with van der Waals surface area (Å²) in [5.41, 5.74) is 3.05. The lowest BCUT2D eigenvalue weighted by Crippen LogP contribution is -2.49. The number of nitrogens with zero attached hydrogens (tertiary/aromatic N) is 1. The van der Waals surface area contributed by atoms with Crippen LogP contribution in [0.25, 0.3) is 0 Å². The maximum absolute atomic E-state index is 13.2. The zero-order valence-electron chi connectivity index (χ0n) is 17.6. The summed E-state index contributed by atoms with van der Waals surface area (Å²) in [6.07, 6.45) is 0.502. The highest BCUT2D eigenvalue weighted by Crippen LogP contribution is 2.27. The number of halogens is 2. The van der Waals surface area contributed by atoms with Crippen LogP contribution >= 0.6 is 35.0 Å². The van der Waals surface area contributed by atoms with Gasteiger partial charge in [-0.3, -0.25) is 9.59 Å². The van der Waals surface area contributed by atoms with E-state index in [0.717, 1.165) is 5.75 Å². The Kier molecular flexibility index (Phi) is 10.0. The third kappa shape index (κ3) is 6.66. The molecule has 2 rings (SSSR count). The number of rotatable bonds is 10. The number of hydrogen-bond donors (Lipinski definition) is 1. The molecule has 0 spiro atoms. The van der Waals surface area contributed by atoms with Crippen LogP contribution in [-0.4, -0.2) is 35.1 Å². The van der Waals surface area contributed by atoms with E-state index in [1.807, 2.05) is 26.0 Å². The Morgan fingerprint density at radius 2 is 1.73 bits per heavy atom. The van der Waals surface area contributed by atoms with E-state index in [-0.39, 0.29) is 24.1 Å². The molecule has 0 fully saturated rings. The first kappa shape index (κ1) is 24.6. The molecule has 0 aromatic heterocycles. The van der Waals surface area contributed by atoms with Crippen molar-refractivity contribution in [2.24, 2.45) is 0 Å². The molecule has 1 atom stereocenters. The van der Waals surface area contributed by atoms with E-state index in [4.69, 9.17) is 23.2 Å². The minimum absolute atomic E-state index is 0.109. The number of amides is 2. The number of carbonyl (C=O) groups is 2. The first-order valence-corrected chi connectivity index (χ1v) is 11.9. The molecule has 2 aromatic carbocycles. The highest BCUT2D eigenvalue weighted by atomic mass is 35.5. The molecule has 2 amide bonds. The van der Waals surface area contributed by atoms with Crippen LogP contribution in [0.3, 0.4) is 0 Å². The predicted octanol–water partition coefficient (Wildman–Crippen LogP) is 5.48. The average Bonchev–Trinajstić information content (AvgIpc) is 2.71. The zero-order valence-corrected chi connectivity index (χ0v) is 19.9. The van der Waals surface area contributed by atoms with Crippen LogP contribution < -0.4 is 5.32 Å². The van der Waals surface area contributed by atoms with Gasteiger partial charge in [-0.05, 0) is 43.5 Å². The van der Waals surface area contributed by atoms with E-state index in [9.17, 15) is 9.59 Å². The van der Waals surface area contributed by atoms with Gasteiger partial charge in [0.15, 0.2) is 0 Å². The summed E-state index contributed by atoms with van der Waals surface area (Å²) in [4.78, 5) is 27.4. The molecule has 1 N–H and O–H groups in total. The van der Waals surface area contributed by atoms with Crippen LogP contribution in [0.2, 0.25) is 10.0 Å². The lowest BCUT2D eigenvalue weighted by atomic mass is 10.1. The van der Waals surface area contributed by atoms with Crippen molar-refractivity contribution in [3.63, 3.8) is 0 Å². The van der Waals surface area contributed by atoms with Crippen molar-refractivity contribution >= 4 is 46.8 Å². The quantitative estimate of drug-likeness (QED) is 0.504. The third-order valence-electron chi connectivity index (χ3n) is 4.87. The van der Waals surface area contributed by atoms with Crippen molar-refractivity contribution in [2.45, 2.75) is 45.5 Å². The van der Waals surface area contributed by atoms with E-state index < -0.39 is 6.04 Å². The van der Waals surface area contributed by atoms with Crippen molar-refractivity contribution in [3.8, 4) is 0 Å². The Morgan fingerprint density at radius 1 is 1.07 bits per heavy atom. The SMILES string of the molecule is CCNC(=O)[C@H](CC)N(Cc1c(Cl)cccc1Cl)C(=O)CSCc1ccccc1C. The molecule has 0 aliphatic carbocycles. The van der Waals surface area contributed by atoms with Gasteiger partial charge in [0, 0.05) is 34.5 Å². The number of thioether (sulfide) groups is 1. The number of hydrogen-bond acceptors (Lipinski definition) is 3. The monoisotopic (exact) mass is 466 g/mol. The molecule has 0 radical (unpaired) electrons. The number of aryl methyl sites for hydroxylation is 1. The molecule has 0 saturated carbocycles. The van der Waals surface area contributed by atoms with Gasteiger partial charge in [0.05, 0.1) is 5.75 Å². The van der Waals surface area contributed by atoms with E-state index >= 15 is 0 Å². The summed E-state index contributed by atoms with van der Waals surface area (Å²) in [5, 5.41) is 3.80. The van der Waals surface area contributed by atoms with Crippen molar-refractivity contribution in [3.05, 3.63) is 69.2 Å². The Hall–Kier alpha value is -1.69. The standard InChI is InChI=1S/C23H28Cl2N2O2S/c1-4-21(23(29)26-5-2)27(13-18-19(24)11-8-12-20(18)25)22(28)15-30-14-17-10-7-6-9-16(17)3/h6-12,21H,4-5,13-15H2,1-3H3,(H,26,29)/t21-/m0/s1. The highest BCUT2D eigenvalue weighted by Gasteiger charge is 2.29. The van der Waals surface area contributed by atoms with E-state index in [2.05, 4.69) is 24.4 Å². The summed E-state index contributed by atoms with van der Waals surface area (Å²) in [7, 11) is 0. The van der Waals surface area contributed by atoms with Crippen molar-refractivity contribution in [1.29, 1.82) is 0 Å². The summed E-state index contributed by atoms with van der Waals surface area (Å²) in [6.45, 7) is 6.52. The largest absolute Gasteiger partial charge is 0.355 e. The number of nitrogens with one attached hydrogen (secondary N) is 1. The van der Waals surface area contributed by atoms with E-state index in [0.29, 0.717) is 28.6 Å². The highest BCUT2D eigenvalue weighted by molar-refractivity contribution is 7.99. The van der Waals surface area contributed by atoms with Gasteiger partial charge in [-0.15, -0.1) is 11.8 Å². The maximum Gasteiger partial charge on any atom is 0.242 e. The topological polar surface area (TPSA) is 49.4 Å². The van der Waals surface area contributed by atoms with Crippen LogP contribution in [0.1, 0.15) is 37.0 Å². The van der Waals surface area contributed by atoms with Crippen LogP contribution in [0, 0.1) is 6.92 Å². The van der Waals surface area contributed by atoms with Gasteiger partial charge < -0.3 is 10.2 Å². The minimum atomic E-state index is -0.580. The van der Waals surface area contributed by atoms with Crippen LogP contribution in [0.5, 0.6) is 0 Å². The molecule has 162 valence electrons. The van der Waals surface area contributed by atoms with Crippen LogP contribution in [0.4, 0.5) is 0 Å². The van der Waals surface area contributed by atoms with Gasteiger partial charge in [0.1, 0.15) is 6.04 Å². The second-order valence-corrected chi connectivity index (χ2v) is 8.76. The lowest BCUT2D eigenvalue weighted by Gasteiger charge is -2.31. The maximum atomic E-state index is 13.2. The van der Waals surface area contributed by atoms with Gasteiger partial charge in [-0.1, -0.05) is 60.5 Å². The van der Waals surface area contributed by atoms with Crippen molar-refractivity contribution < 1.29 is 9.59 Å². The summed E-state index contributed by atoms with van der Waals surface area (Å²) >= 11 is 14.2. The molecular weight excluding hydrogens is 439 g/mol. The summed E-state index contributed by atoms with van der Waals surface area (Å²) < 4.78 is 0. The minimum Gasteiger partial charge on any atom is -0.355 e. The average molecular weight is 467 g/mol. The van der Waals surface area contributed by atoms with E-state index in [1.165, 1.54) is 22.9 Å². The molecule has 0 unspecified atom stereocenters. The molecule has 0 heterocycles. The smallest absolute Gasteiger partial charge is 0.242 e. The fourth-order valence-corrected chi connectivity index (χ4v) is 4.67. The Morgan fingerprint density at radius 3 is 2.33 bits per heavy atom.